The lowest BCUT2D eigenvalue weighted by Gasteiger charge is -2.19. The SMILES string of the molecule is C#CCN=C(NC(C)C)N(C)C. The number of rotatable bonds is 2. The van der Waals surface area contributed by atoms with Crippen LogP contribution in [0.3, 0.4) is 0 Å². The maximum atomic E-state index is 5.10. The maximum absolute atomic E-state index is 5.10. The summed E-state index contributed by atoms with van der Waals surface area (Å²) in [7, 11) is 3.87. The van der Waals surface area contributed by atoms with Crippen molar-refractivity contribution >= 4 is 5.96 Å². The fraction of sp³-hybridized carbons (Fsp3) is 0.667. The lowest BCUT2D eigenvalue weighted by atomic mass is 10.4. The van der Waals surface area contributed by atoms with E-state index in [9.17, 15) is 0 Å². The Hall–Kier alpha value is -1.17. The zero-order valence-electron chi connectivity index (χ0n) is 8.26. The molecule has 68 valence electrons. The van der Waals surface area contributed by atoms with Crippen LogP contribution in [-0.2, 0) is 0 Å². The number of guanidine groups is 1. The molecule has 0 aliphatic rings. The van der Waals surface area contributed by atoms with Crippen LogP contribution < -0.4 is 5.32 Å². The van der Waals surface area contributed by atoms with Crippen molar-refractivity contribution in [2.75, 3.05) is 20.6 Å². The number of hydrogen-bond acceptors (Lipinski definition) is 1. The highest BCUT2D eigenvalue weighted by atomic mass is 15.3. The summed E-state index contributed by atoms with van der Waals surface area (Å²) in [5, 5.41) is 3.19. The molecule has 1 N–H and O–H groups in total. The molecule has 0 heterocycles. The molecule has 0 atom stereocenters. The predicted molar refractivity (Wildman–Crippen MR) is 53.1 cm³/mol. The van der Waals surface area contributed by atoms with Gasteiger partial charge in [-0.15, -0.1) is 6.42 Å². The Kier molecular flexibility index (Phi) is 4.94. The van der Waals surface area contributed by atoms with Gasteiger partial charge in [-0.05, 0) is 13.8 Å². The van der Waals surface area contributed by atoms with Gasteiger partial charge in [0.1, 0.15) is 6.54 Å². The van der Waals surface area contributed by atoms with E-state index in [1.165, 1.54) is 0 Å². The van der Waals surface area contributed by atoms with Crippen molar-refractivity contribution in [1.29, 1.82) is 0 Å². The van der Waals surface area contributed by atoms with Crippen LogP contribution in [0.5, 0.6) is 0 Å². The third kappa shape index (κ3) is 4.62. The van der Waals surface area contributed by atoms with Crippen LogP contribution in [-0.4, -0.2) is 37.5 Å². The molecule has 3 heteroatoms. The largest absolute Gasteiger partial charge is 0.354 e. The van der Waals surface area contributed by atoms with Gasteiger partial charge in [0.25, 0.3) is 0 Å². The number of aliphatic imine (C=N–C) groups is 1. The maximum Gasteiger partial charge on any atom is 0.194 e. The van der Waals surface area contributed by atoms with Crippen LogP contribution in [0.15, 0.2) is 4.99 Å². The van der Waals surface area contributed by atoms with E-state index < -0.39 is 0 Å². The van der Waals surface area contributed by atoms with Crippen LogP contribution >= 0.6 is 0 Å². The van der Waals surface area contributed by atoms with Crippen LogP contribution in [0.1, 0.15) is 13.8 Å². The first-order valence-corrected chi connectivity index (χ1v) is 3.99. The van der Waals surface area contributed by atoms with Crippen molar-refractivity contribution in [3.63, 3.8) is 0 Å². The summed E-state index contributed by atoms with van der Waals surface area (Å²) in [6, 6.07) is 0.379. The molecule has 0 rings (SSSR count). The standard InChI is InChI=1S/C9H17N3/c1-6-7-10-9(12(4)5)11-8(2)3/h1,8H,7H2,2-5H3,(H,10,11). The summed E-state index contributed by atoms with van der Waals surface area (Å²) in [4.78, 5) is 6.09. The second-order valence-corrected chi connectivity index (χ2v) is 3.04. The van der Waals surface area contributed by atoms with Crippen molar-refractivity contribution in [3.8, 4) is 12.3 Å². The molecule has 0 saturated carbocycles. The number of nitrogens with zero attached hydrogens (tertiary/aromatic N) is 2. The van der Waals surface area contributed by atoms with Crippen molar-refractivity contribution in [3.05, 3.63) is 0 Å². The van der Waals surface area contributed by atoms with E-state index >= 15 is 0 Å². The van der Waals surface area contributed by atoms with E-state index in [-0.39, 0.29) is 0 Å². The fourth-order valence-electron chi connectivity index (χ4n) is 0.695. The van der Waals surface area contributed by atoms with Crippen LogP contribution in [0, 0.1) is 12.3 Å². The van der Waals surface area contributed by atoms with Gasteiger partial charge in [0, 0.05) is 20.1 Å². The summed E-state index contributed by atoms with van der Waals surface area (Å²) in [6.45, 7) is 4.55. The molecule has 0 amide bonds. The van der Waals surface area contributed by atoms with Crippen molar-refractivity contribution in [2.24, 2.45) is 4.99 Å². The molecule has 0 aromatic heterocycles. The van der Waals surface area contributed by atoms with Crippen LogP contribution in [0.2, 0.25) is 0 Å². The number of nitrogens with one attached hydrogen (secondary N) is 1. The molecule has 0 aliphatic heterocycles. The zero-order chi connectivity index (χ0) is 9.56. The van der Waals surface area contributed by atoms with Gasteiger partial charge >= 0.3 is 0 Å². The van der Waals surface area contributed by atoms with E-state index in [0.717, 1.165) is 5.96 Å². The summed E-state index contributed by atoms with van der Waals surface area (Å²) < 4.78 is 0. The second-order valence-electron chi connectivity index (χ2n) is 3.04. The number of terminal acetylenes is 1. The molecular formula is C9H17N3. The van der Waals surface area contributed by atoms with E-state index in [0.29, 0.717) is 12.6 Å². The highest BCUT2D eigenvalue weighted by Crippen LogP contribution is 1.84. The molecule has 3 nitrogen and oxygen atoms in total. The molecule has 0 aliphatic carbocycles. The van der Waals surface area contributed by atoms with Gasteiger partial charge in [0.15, 0.2) is 5.96 Å². The van der Waals surface area contributed by atoms with E-state index in [1.807, 2.05) is 19.0 Å². The van der Waals surface area contributed by atoms with E-state index in [1.54, 1.807) is 0 Å². The molecule has 0 aromatic carbocycles. The van der Waals surface area contributed by atoms with Gasteiger partial charge in [-0.1, -0.05) is 5.92 Å². The monoisotopic (exact) mass is 167 g/mol. The molecule has 0 fully saturated rings. The molecule has 0 unspecified atom stereocenters. The van der Waals surface area contributed by atoms with Gasteiger partial charge in [-0.25, -0.2) is 4.99 Å². The Bertz CT molecular complexity index is 186. The Balaban J connectivity index is 4.15. The van der Waals surface area contributed by atoms with Gasteiger partial charge in [-0.3, -0.25) is 0 Å². The van der Waals surface area contributed by atoms with Crippen molar-refractivity contribution in [1.82, 2.24) is 10.2 Å². The molecule has 0 aromatic rings. The minimum absolute atomic E-state index is 0.379. The third-order valence-electron chi connectivity index (χ3n) is 1.16. The molecular weight excluding hydrogens is 150 g/mol. The van der Waals surface area contributed by atoms with Gasteiger partial charge in [0.05, 0.1) is 0 Å². The fourth-order valence-corrected chi connectivity index (χ4v) is 0.695. The van der Waals surface area contributed by atoms with E-state index in [2.05, 4.69) is 30.1 Å². The zero-order valence-corrected chi connectivity index (χ0v) is 8.26. The summed E-state index contributed by atoms with van der Waals surface area (Å²) in [5.74, 6) is 3.31. The molecule has 12 heavy (non-hydrogen) atoms. The lowest BCUT2D eigenvalue weighted by molar-refractivity contribution is 0.560. The first kappa shape index (κ1) is 10.8. The normalized spacial score (nSPS) is 11.2. The van der Waals surface area contributed by atoms with Crippen LogP contribution in [0.25, 0.3) is 0 Å². The molecule has 0 spiro atoms. The highest BCUT2D eigenvalue weighted by Gasteiger charge is 2.01. The van der Waals surface area contributed by atoms with E-state index in [4.69, 9.17) is 6.42 Å². The average molecular weight is 167 g/mol. The Morgan fingerprint density at radius 1 is 1.58 bits per heavy atom. The third-order valence-corrected chi connectivity index (χ3v) is 1.16. The van der Waals surface area contributed by atoms with Gasteiger partial charge in [0.2, 0.25) is 0 Å². The quantitative estimate of drug-likeness (QED) is 0.369. The summed E-state index contributed by atoms with van der Waals surface area (Å²) in [5.41, 5.74) is 0. The summed E-state index contributed by atoms with van der Waals surface area (Å²) >= 11 is 0. The Morgan fingerprint density at radius 3 is 2.50 bits per heavy atom. The Morgan fingerprint density at radius 2 is 2.17 bits per heavy atom. The molecule has 0 bridgehead atoms. The average Bonchev–Trinajstić information content (AvgIpc) is 1.96. The van der Waals surface area contributed by atoms with Gasteiger partial charge in [-0.2, -0.15) is 0 Å². The first-order chi connectivity index (χ1) is 5.57. The first-order valence-electron chi connectivity index (χ1n) is 3.99. The molecule has 0 radical (unpaired) electrons. The highest BCUT2D eigenvalue weighted by molar-refractivity contribution is 5.79. The minimum Gasteiger partial charge on any atom is -0.354 e. The predicted octanol–water partition coefficient (Wildman–Crippen LogP) is 0.535. The molecule has 0 saturated heterocycles. The minimum atomic E-state index is 0.379. The second kappa shape index (κ2) is 5.48. The summed E-state index contributed by atoms with van der Waals surface area (Å²) in [6.07, 6.45) is 5.10. The van der Waals surface area contributed by atoms with Gasteiger partial charge < -0.3 is 10.2 Å². The number of hydrogen-bond donors (Lipinski definition) is 1. The van der Waals surface area contributed by atoms with Crippen molar-refractivity contribution in [2.45, 2.75) is 19.9 Å². The van der Waals surface area contributed by atoms with Crippen molar-refractivity contribution < 1.29 is 0 Å². The van der Waals surface area contributed by atoms with Crippen LogP contribution in [0.4, 0.5) is 0 Å². The topological polar surface area (TPSA) is 27.6 Å². The Labute approximate surface area is 74.9 Å². The smallest absolute Gasteiger partial charge is 0.194 e. The lowest BCUT2D eigenvalue weighted by Crippen LogP contribution is -2.40.